The van der Waals surface area contributed by atoms with Crippen LogP contribution in [0, 0.1) is 0 Å². The first kappa shape index (κ1) is 15.5. The van der Waals surface area contributed by atoms with Crippen LogP contribution in [-0.2, 0) is 14.0 Å². The average molecular weight is 354 g/mol. The highest BCUT2D eigenvalue weighted by molar-refractivity contribution is 9.10. The quantitative estimate of drug-likeness (QED) is 0.605. The second kappa shape index (κ2) is 5.34. The minimum absolute atomic E-state index is 0.329. The van der Waals surface area contributed by atoms with Gasteiger partial charge in [-0.2, -0.15) is 0 Å². The summed E-state index contributed by atoms with van der Waals surface area (Å²) in [6.45, 7) is 9.81. The van der Waals surface area contributed by atoms with E-state index >= 15 is 0 Å². The van der Waals surface area contributed by atoms with Gasteiger partial charge in [0.2, 0.25) is 0 Å². The summed E-state index contributed by atoms with van der Waals surface area (Å²) in [4.78, 5) is 4.59. The van der Waals surface area contributed by atoms with E-state index in [1.807, 2.05) is 6.07 Å². The van der Waals surface area contributed by atoms with Gasteiger partial charge in [0.05, 0.1) is 17.8 Å². The van der Waals surface area contributed by atoms with E-state index in [1.54, 1.807) is 0 Å². The van der Waals surface area contributed by atoms with E-state index in [9.17, 15) is 0 Å². The summed E-state index contributed by atoms with van der Waals surface area (Å²) in [7, 11) is -0.352. The third-order valence-corrected chi connectivity index (χ3v) is 5.12. The van der Waals surface area contributed by atoms with Gasteiger partial charge in [-0.05, 0) is 67.6 Å². The van der Waals surface area contributed by atoms with Crippen molar-refractivity contribution in [3.63, 3.8) is 0 Å². The summed E-state index contributed by atoms with van der Waals surface area (Å²) in [5.74, 6) is 0.365. The Balaban J connectivity index is 1.89. The van der Waals surface area contributed by atoms with Crippen molar-refractivity contribution in [3.8, 4) is 0 Å². The fourth-order valence-electron chi connectivity index (χ4n) is 2.63. The molecule has 0 radical (unpaired) electrons. The van der Waals surface area contributed by atoms with Crippen molar-refractivity contribution in [2.24, 2.45) is 0 Å². The molecule has 0 aliphatic carbocycles. The lowest BCUT2D eigenvalue weighted by Crippen LogP contribution is -2.41. The normalized spacial score (nSPS) is 27.3. The van der Waals surface area contributed by atoms with Crippen molar-refractivity contribution in [1.29, 1.82) is 0 Å². The summed E-state index contributed by atoms with van der Waals surface area (Å²) < 4.78 is 18.5. The fraction of sp³-hybridized carbons (Fsp3) is 0.667. The van der Waals surface area contributed by atoms with Gasteiger partial charge in [0.1, 0.15) is 4.60 Å². The van der Waals surface area contributed by atoms with E-state index in [1.165, 1.54) is 0 Å². The molecular formula is C15H21BBrNO3. The summed E-state index contributed by atoms with van der Waals surface area (Å²) in [6.07, 6.45) is 1.02. The lowest BCUT2D eigenvalue weighted by molar-refractivity contribution is 0.00578. The first-order chi connectivity index (χ1) is 9.78. The number of nitrogens with zero attached hydrogens (tertiary/aromatic N) is 1. The van der Waals surface area contributed by atoms with Crippen LogP contribution in [0.5, 0.6) is 0 Å². The maximum atomic E-state index is 6.12. The molecule has 1 unspecified atom stereocenters. The number of aromatic nitrogens is 1. The van der Waals surface area contributed by atoms with Gasteiger partial charge in [0.15, 0.2) is 0 Å². The van der Waals surface area contributed by atoms with Crippen LogP contribution in [0.15, 0.2) is 16.7 Å². The number of halogens is 1. The summed E-state index contributed by atoms with van der Waals surface area (Å²) in [5, 5.41) is 0. The van der Waals surface area contributed by atoms with Crippen LogP contribution in [0.1, 0.15) is 45.7 Å². The van der Waals surface area contributed by atoms with Crippen LogP contribution in [0.25, 0.3) is 0 Å². The highest BCUT2D eigenvalue weighted by Crippen LogP contribution is 2.36. The Kier molecular flexibility index (Phi) is 3.93. The van der Waals surface area contributed by atoms with E-state index < -0.39 is 0 Å². The lowest BCUT2D eigenvalue weighted by atomic mass is 9.78. The van der Waals surface area contributed by atoms with Crippen LogP contribution in [0.3, 0.4) is 0 Å². The predicted molar refractivity (Wildman–Crippen MR) is 85.8 cm³/mol. The molecule has 0 saturated carbocycles. The van der Waals surface area contributed by atoms with Crippen molar-refractivity contribution >= 4 is 28.5 Å². The lowest BCUT2D eigenvalue weighted by Gasteiger charge is -2.32. The fourth-order valence-corrected chi connectivity index (χ4v) is 3.10. The van der Waals surface area contributed by atoms with Crippen LogP contribution >= 0.6 is 15.9 Å². The van der Waals surface area contributed by atoms with Gasteiger partial charge in [-0.25, -0.2) is 4.98 Å². The Hall–Kier alpha value is -0.425. The van der Waals surface area contributed by atoms with Gasteiger partial charge < -0.3 is 14.0 Å². The number of ether oxygens (including phenoxy) is 1. The molecule has 6 heteroatoms. The molecule has 0 amide bonds. The zero-order valence-electron chi connectivity index (χ0n) is 13.0. The predicted octanol–water partition coefficient (Wildman–Crippen LogP) is 2.65. The molecule has 2 aliphatic rings. The molecule has 2 aliphatic heterocycles. The zero-order chi connectivity index (χ0) is 15.3. The molecule has 0 aromatic carbocycles. The third kappa shape index (κ3) is 2.91. The highest BCUT2D eigenvalue weighted by atomic mass is 79.9. The van der Waals surface area contributed by atoms with Crippen LogP contribution in [0.4, 0.5) is 0 Å². The van der Waals surface area contributed by atoms with E-state index in [4.69, 9.17) is 14.0 Å². The van der Waals surface area contributed by atoms with Crippen LogP contribution < -0.4 is 5.46 Å². The number of hydrogen-bond acceptors (Lipinski definition) is 4. The topological polar surface area (TPSA) is 40.6 Å². The standard InChI is InChI=1S/C15H21BBrNO3/c1-14(2)15(3,4)21-16(20-14)11-7-12(18-13(17)8-11)10-5-6-19-9-10/h7-8,10H,5-6,9H2,1-4H3. The molecule has 1 aromatic heterocycles. The molecule has 0 bridgehead atoms. The van der Waals surface area contributed by atoms with E-state index in [2.05, 4.69) is 54.7 Å². The van der Waals surface area contributed by atoms with Crippen LogP contribution in [0.2, 0.25) is 0 Å². The Bertz CT molecular complexity index is 528. The summed E-state index contributed by atoms with van der Waals surface area (Å²) in [5.41, 5.74) is 1.40. The Morgan fingerprint density at radius 3 is 2.43 bits per heavy atom. The summed E-state index contributed by atoms with van der Waals surface area (Å²) >= 11 is 3.50. The Morgan fingerprint density at radius 2 is 1.86 bits per heavy atom. The zero-order valence-corrected chi connectivity index (χ0v) is 14.6. The summed E-state index contributed by atoms with van der Waals surface area (Å²) in [6, 6.07) is 4.06. The third-order valence-electron chi connectivity index (χ3n) is 4.71. The van der Waals surface area contributed by atoms with Crippen molar-refractivity contribution in [1.82, 2.24) is 4.98 Å². The van der Waals surface area contributed by atoms with E-state index in [0.717, 1.165) is 35.4 Å². The smallest absolute Gasteiger partial charge is 0.399 e. The molecule has 0 N–H and O–H groups in total. The molecule has 21 heavy (non-hydrogen) atoms. The first-order valence-corrected chi connectivity index (χ1v) is 8.18. The maximum Gasteiger partial charge on any atom is 0.494 e. The molecule has 0 spiro atoms. The molecule has 1 atom stereocenters. The van der Waals surface area contributed by atoms with Gasteiger partial charge in [-0.15, -0.1) is 0 Å². The molecule has 4 nitrogen and oxygen atoms in total. The van der Waals surface area contributed by atoms with Gasteiger partial charge in [0, 0.05) is 18.2 Å². The van der Waals surface area contributed by atoms with Gasteiger partial charge in [-0.1, -0.05) is 0 Å². The van der Waals surface area contributed by atoms with Crippen molar-refractivity contribution in [3.05, 3.63) is 22.4 Å². The molecule has 1 aromatic rings. The second-order valence-electron chi connectivity index (χ2n) is 6.80. The minimum Gasteiger partial charge on any atom is -0.399 e. The van der Waals surface area contributed by atoms with Crippen LogP contribution in [-0.4, -0.2) is 36.5 Å². The van der Waals surface area contributed by atoms with E-state index in [-0.39, 0.29) is 18.3 Å². The average Bonchev–Trinajstić information content (AvgIpc) is 2.96. The molecule has 3 heterocycles. The second-order valence-corrected chi connectivity index (χ2v) is 7.61. The van der Waals surface area contributed by atoms with E-state index in [0.29, 0.717) is 5.92 Å². The van der Waals surface area contributed by atoms with Crippen molar-refractivity contribution in [2.75, 3.05) is 13.2 Å². The molecule has 2 fully saturated rings. The molecule has 114 valence electrons. The largest absolute Gasteiger partial charge is 0.494 e. The van der Waals surface area contributed by atoms with Crippen molar-refractivity contribution in [2.45, 2.75) is 51.2 Å². The highest BCUT2D eigenvalue weighted by Gasteiger charge is 2.51. The first-order valence-electron chi connectivity index (χ1n) is 7.39. The Morgan fingerprint density at radius 1 is 1.19 bits per heavy atom. The molecule has 3 rings (SSSR count). The van der Waals surface area contributed by atoms with Gasteiger partial charge >= 0.3 is 7.12 Å². The molecular weight excluding hydrogens is 333 g/mol. The van der Waals surface area contributed by atoms with Gasteiger partial charge in [0.25, 0.3) is 0 Å². The minimum atomic E-state index is -0.352. The SMILES string of the molecule is CC1(C)OB(c2cc(Br)nc(C3CCOC3)c2)OC1(C)C. The van der Waals surface area contributed by atoms with Crippen molar-refractivity contribution < 1.29 is 14.0 Å². The monoisotopic (exact) mass is 353 g/mol. The van der Waals surface area contributed by atoms with Gasteiger partial charge in [-0.3, -0.25) is 0 Å². The number of hydrogen-bond donors (Lipinski definition) is 0. The Labute approximate surface area is 134 Å². The molecule has 2 saturated heterocycles. The number of rotatable bonds is 2. The number of pyridine rings is 1. The maximum absolute atomic E-state index is 6.12.